The number of rotatable bonds is 8. The fourth-order valence-corrected chi connectivity index (χ4v) is 3.51. The number of aromatic nitrogens is 1. The molecule has 0 aliphatic carbocycles. The number of aryl methyl sites for hydroxylation is 1. The highest BCUT2D eigenvalue weighted by Gasteiger charge is 2.15. The van der Waals surface area contributed by atoms with Crippen molar-refractivity contribution in [2.45, 2.75) is 39.5 Å². The van der Waals surface area contributed by atoms with E-state index in [1.807, 2.05) is 12.1 Å². The van der Waals surface area contributed by atoms with E-state index in [2.05, 4.69) is 48.2 Å². The highest BCUT2D eigenvalue weighted by atomic mass is 16.5. The van der Waals surface area contributed by atoms with Crippen molar-refractivity contribution >= 4 is 5.96 Å². The third kappa shape index (κ3) is 6.60. The van der Waals surface area contributed by atoms with Crippen LogP contribution in [-0.2, 0) is 11.2 Å². The molecule has 0 saturated carbocycles. The zero-order chi connectivity index (χ0) is 20.5. The number of aliphatic imine (C=N–C) groups is 1. The predicted octanol–water partition coefficient (Wildman–Crippen LogP) is 3.91. The second-order valence-electron chi connectivity index (χ2n) is 7.76. The molecule has 2 aromatic rings. The lowest BCUT2D eigenvalue weighted by Crippen LogP contribution is -2.40. The van der Waals surface area contributed by atoms with Crippen LogP contribution in [0.1, 0.15) is 37.4 Å². The molecule has 1 aliphatic heterocycles. The molecule has 6 nitrogen and oxygen atoms in total. The molecule has 0 bridgehead atoms. The third-order valence-electron chi connectivity index (χ3n) is 5.39. The van der Waals surface area contributed by atoms with Crippen LogP contribution < -0.4 is 5.32 Å². The second kappa shape index (κ2) is 11.0. The summed E-state index contributed by atoms with van der Waals surface area (Å²) in [6.45, 7) is 8.55. The van der Waals surface area contributed by atoms with Crippen molar-refractivity contribution in [1.29, 1.82) is 0 Å². The van der Waals surface area contributed by atoms with Crippen molar-refractivity contribution in [1.82, 2.24) is 15.2 Å². The van der Waals surface area contributed by atoms with E-state index >= 15 is 0 Å². The first-order valence-electron chi connectivity index (χ1n) is 10.7. The van der Waals surface area contributed by atoms with Crippen molar-refractivity contribution in [2.24, 2.45) is 10.9 Å². The zero-order valence-electron chi connectivity index (χ0n) is 18.0. The van der Waals surface area contributed by atoms with E-state index in [4.69, 9.17) is 14.1 Å². The third-order valence-corrected chi connectivity index (χ3v) is 5.39. The summed E-state index contributed by atoms with van der Waals surface area (Å²) in [5.41, 5.74) is 3.17. The molecule has 3 rings (SSSR count). The van der Waals surface area contributed by atoms with Crippen LogP contribution in [0.2, 0.25) is 0 Å². The molecule has 0 unspecified atom stereocenters. The van der Waals surface area contributed by atoms with Gasteiger partial charge in [0.05, 0.1) is 5.69 Å². The van der Waals surface area contributed by atoms with E-state index in [1.54, 1.807) is 6.26 Å². The van der Waals surface area contributed by atoms with Crippen LogP contribution >= 0.6 is 0 Å². The molecule has 0 radical (unpaired) electrons. The first-order valence-corrected chi connectivity index (χ1v) is 10.7. The Morgan fingerprint density at radius 2 is 2.00 bits per heavy atom. The summed E-state index contributed by atoms with van der Waals surface area (Å²) in [6, 6.07) is 8.23. The lowest BCUT2D eigenvalue weighted by molar-refractivity contribution is 0.0625. The minimum atomic E-state index is 0.671. The molecular weight excluding hydrogens is 364 g/mol. The van der Waals surface area contributed by atoms with Gasteiger partial charge in [-0.1, -0.05) is 17.7 Å². The molecule has 1 aromatic heterocycles. The smallest absolute Gasteiger partial charge is 0.226 e. The summed E-state index contributed by atoms with van der Waals surface area (Å²) < 4.78 is 11.1. The number of nitrogens with zero attached hydrogens (tertiary/aromatic N) is 3. The summed E-state index contributed by atoms with van der Waals surface area (Å²) in [5, 5.41) is 3.40. The molecule has 29 heavy (non-hydrogen) atoms. The standard InChI is InChI=1S/C23H34N4O2/c1-4-24-23(27(3)14-10-19-11-15-28-16-12-19)25-13-9-21-17-29-22(26-21)20-7-5-18(2)6-8-20/h5-8,17,19H,4,9-16H2,1-3H3,(H,24,25). The van der Waals surface area contributed by atoms with Gasteiger partial charge in [0.2, 0.25) is 5.89 Å². The quantitative estimate of drug-likeness (QED) is 0.540. The van der Waals surface area contributed by atoms with Crippen LogP contribution in [-0.4, -0.2) is 55.7 Å². The van der Waals surface area contributed by atoms with Crippen molar-refractivity contribution in [3.05, 3.63) is 41.8 Å². The Bertz CT molecular complexity index is 763. The van der Waals surface area contributed by atoms with Crippen molar-refractivity contribution in [3.63, 3.8) is 0 Å². The molecule has 2 heterocycles. The molecule has 1 aliphatic rings. The molecule has 1 N–H and O–H groups in total. The van der Waals surface area contributed by atoms with E-state index in [9.17, 15) is 0 Å². The Kier molecular flexibility index (Phi) is 8.11. The highest BCUT2D eigenvalue weighted by molar-refractivity contribution is 5.79. The lowest BCUT2D eigenvalue weighted by Gasteiger charge is -2.26. The summed E-state index contributed by atoms with van der Waals surface area (Å²) in [4.78, 5) is 11.6. The molecular formula is C23H34N4O2. The Balaban J connectivity index is 1.51. The minimum absolute atomic E-state index is 0.671. The van der Waals surface area contributed by atoms with E-state index in [0.29, 0.717) is 12.4 Å². The van der Waals surface area contributed by atoms with E-state index < -0.39 is 0 Å². The number of hydrogen-bond donors (Lipinski definition) is 1. The van der Waals surface area contributed by atoms with Gasteiger partial charge in [0.25, 0.3) is 0 Å². The Morgan fingerprint density at radius 3 is 2.72 bits per heavy atom. The van der Waals surface area contributed by atoms with E-state index in [1.165, 1.54) is 24.8 Å². The molecule has 158 valence electrons. The van der Waals surface area contributed by atoms with Gasteiger partial charge < -0.3 is 19.4 Å². The zero-order valence-corrected chi connectivity index (χ0v) is 18.0. The van der Waals surface area contributed by atoms with Gasteiger partial charge in [0.1, 0.15) is 6.26 Å². The van der Waals surface area contributed by atoms with Gasteiger partial charge in [-0.25, -0.2) is 4.98 Å². The average Bonchev–Trinajstić information content (AvgIpc) is 3.21. The largest absolute Gasteiger partial charge is 0.444 e. The van der Waals surface area contributed by atoms with Crippen LogP contribution in [0.25, 0.3) is 11.5 Å². The maximum atomic E-state index is 5.65. The number of benzene rings is 1. The van der Waals surface area contributed by atoms with Crippen LogP contribution in [0, 0.1) is 12.8 Å². The monoisotopic (exact) mass is 398 g/mol. The van der Waals surface area contributed by atoms with E-state index in [0.717, 1.165) is 55.9 Å². The van der Waals surface area contributed by atoms with Gasteiger partial charge in [-0.05, 0) is 51.2 Å². The number of guanidine groups is 1. The van der Waals surface area contributed by atoms with Gasteiger partial charge in [-0.15, -0.1) is 0 Å². The summed E-state index contributed by atoms with van der Waals surface area (Å²) >= 11 is 0. The summed E-state index contributed by atoms with van der Waals surface area (Å²) in [6.07, 6.45) is 6.05. The average molecular weight is 399 g/mol. The molecule has 6 heteroatoms. The van der Waals surface area contributed by atoms with Gasteiger partial charge >= 0.3 is 0 Å². The Hall–Kier alpha value is -2.34. The first-order chi connectivity index (χ1) is 14.2. The fourth-order valence-electron chi connectivity index (χ4n) is 3.51. The minimum Gasteiger partial charge on any atom is -0.444 e. The molecule has 1 aromatic carbocycles. The fraction of sp³-hybridized carbons (Fsp3) is 0.565. The van der Waals surface area contributed by atoms with Gasteiger partial charge in [-0.3, -0.25) is 4.99 Å². The first kappa shape index (κ1) is 21.4. The number of nitrogens with one attached hydrogen (secondary N) is 1. The Morgan fingerprint density at radius 1 is 1.24 bits per heavy atom. The topological polar surface area (TPSA) is 62.9 Å². The van der Waals surface area contributed by atoms with E-state index in [-0.39, 0.29) is 0 Å². The molecule has 0 spiro atoms. The number of hydrogen-bond acceptors (Lipinski definition) is 4. The highest BCUT2D eigenvalue weighted by Crippen LogP contribution is 2.20. The summed E-state index contributed by atoms with van der Waals surface area (Å²) in [5.74, 6) is 2.40. The van der Waals surface area contributed by atoms with Gasteiger partial charge in [0.15, 0.2) is 5.96 Å². The molecule has 0 atom stereocenters. The molecule has 1 fully saturated rings. The number of oxazole rings is 1. The SMILES string of the molecule is CCNC(=NCCc1coc(-c2ccc(C)cc2)n1)N(C)CCC1CCOCC1. The lowest BCUT2D eigenvalue weighted by atomic mass is 9.96. The number of ether oxygens (including phenoxy) is 1. The van der Waals surface area contributed by atoms with Gasteiger partial charge in [-0.2, -0.15) is 0 Å². The van der Waals surface area contributed by atoms with Crippen LogP contribution in [0.5, 0.6) is 0 Å². The second-order valence-corrected chi connectivity index (χ2v) is 7.76. The molecule has 0 amide bonds. The predicted molar refractivity (Wildman–Crippen MR) is 117 cm³/mol. The Labute approximate surface area is 174 Å². The maximum absolute atomic E-state index is 5.65. The summed E-state index contributed by atoms with van der Waals surface area (Å²) in [7, 11) is 2.12. The van der Waals surface area contributed by atoms with Crippen LogP contribution in [0.3, 0.4) is 0 Å². The normalized spacial score (nSPS) is 15.5. The van der Waals surface area contributed by atoms with Crippen molar-refractivity contribution in [2.75, 3.05) is 39.9 Å². The van der Waals surface area contributed by atoms with Crippen molar-refractivity contribution in [3.8, 4) is 11.5 Å². The molecule has 1 saturated heterocycles. The van der Waals surface area contributed by atoms with Gasteiger partial charge in [0, 0.05) is 51.9 Å². The van der Waals surface area contributed by atoms with Crippen molar-refractivity contribution < 1.29 is 9.15 Å². The van der Waals surface area contributed by atoms with Crippen LogP contribution in [0.4, 0.5) is 0 Å². The van der Waals surface area contributed by atoms with Crippen LogP contribution in [0.15, 0.2) is 39.9 Å². The maximum Gasteiger partial charge on any atom is 0.226 e.